The Kier molecular flexibility index (Phi) is 4.56. The molecule has 6 aliphatic carbocycles. The van der Waals surface area contributed by atoms with Crippen molar-refractivity contribution in [2.24, 2.45) is 50.2 Å². The van der Waals surface area contributed by atoms with Crippen LogP contribution in [0.15, 0.2) is 23.3 Å². The van der Waals surface area contributed by atoms with E-state index in [9.17, 15) is 19.6 Å². The van der Waals surface area contributed by atoms with Crippen molar-refractivity contribution in [2.75, 3.05) is 7.11 Å². The summed E-state index contributed by atoms with van der Waals surface area (Å²) in [4.78, 5) is 40.7. The highest BCUT2D eigenvalue weighted by Crippen LogP contribution is 2.86. The molecule has 0 N–H and O–H groups in total. The number of fused-ring (bicyclic) bond motifs is 4. The minimum Gasteiger partial charge on any atom is -0.469 e. The highest BCUT2D eigenvalue weighted by molar-refractivity contribution is 6.05. The highest BCUT2D eigenvalue weighted by Gasteiger charge is 2.81. The summed E-state index contributed by atoms with van der Waals surface area (Å²) < 4.78 is 5.39. The third kappa shape index (κ3) is 2.54. The lowest BCUT2D eigenvalue weighted by molar-refractivity contribution is -0.176. The Bertz CT molecular complexity index is 1220. The van der Waals surface area contributed by atoms with E-state index in [4.69, 9.17) is 4.74 Å². The van der Waals surface area contributed by atoms with Gasteiger partial charge in [0.25, 0.3) is 0 Å². The predicted octanol–water partition coefficient (Wildman–Crippen LogP) is 5.74. The molecular weight excluding hydrogens is 450 g/mol. The maximum atomic E-state index is 14.2. The number of esters is 1. The van der Waals surface area contributed by atoms with Crippen molar-refractivity contribution in [1.82, 2.24) is 0 Å². The van der Waals surface area contributed by atoms with Gasteiger partial charge in [0.15, 0.2) is 11.6 Å². The second-order valence-electron chi connectivity index (χ2n) is 14.6. The maximum Gasteiger partial charge on any atom is 0.312 e. The Morgan fingerprint density at radius 3 is 2.42 bits per heavy atom. The number of carbonyl (C=O) groups excluding carboxylic acids is 3. The summed E-state index contributed by atoms with van der Waals surface area (Å²) in [6, 6.07) is 2.17. The molecule has 0 bridgehead atoms. The number of nitrogens with zero attached hydrogens (tertiary/aromatic N) is 1. The van der Waals surface area contributed by atoms with Crippen LogP contribution in [0, 0.1) is 61.6 Å². The van der Waals surface area contributed by atoms with Gasteiger partial charge < -0.3 is 4.74 Å². The standard InChI is InChI=1S/C31H39NO4/c1-26(2)9-10-29(25(35)36-6)11-12-31-17-30(31)8-7-21-27(3,4)24(34)18(16-32)14-28(21,5)22(30)13-20(33)23(31)19(29)15-26/h13-14,19,21,23H,7-12,15,17H2,1-6H3/t19-,21-,23?,28-,29-,30-,31?/m0/s1. The molecule has 36 heavy (non-hydrogen) atoms. The zero-order valence-corrected chi connectivity index (χ0v) is 22.6. The summed E-state index contributed by atoms with van der Waals surface area (Å²) in [5.41, 5.74) is -0.344. The molecule has 0 radical (unpaired) electrons. The van der Waals surface area contributed by atoms with Gasteiger partial charge in [-0.15, -0.1) is 0 Å². The number of ether oxygens (including phenoxy) is 1. The normalized spacial score (nSPS) is 47.4. The molecule has 0 aliphatic heterocycles. The molecule has 192 valence electrons. The van der Waals surface area contributed by atoms with Gasteiger partial charge in [0.1, 0.15) is 6.07 Å². The number of hydrogen-bond acceptors (Lipinski definition) is 5. The first kappa shape index (κ1) is 24.1. The summed E-state index contributed by atoms with van der Waals surface area (Å²) >= 11 is 0. The molecule has 5 heteroatoms. The third-order valence-corrected chi connectivity index (χ3v) is 12.3. The van der Waals surface area contributed by atoms with Crippen molar-refractivity contribution >= 4 is 17.5 Å². The van der Waals surface area contributed by atoms with Crippen LogP contribution < -0.4 is 0 Å². The van der Waals surface area contributed by atoms with Crippen molar-refractivity contribution in [3.63, 3.8) is 0 Å². The quantitative estimate of drug-likeness (QED) is 0.438. The third-order valence-electron chi connectivity index (χ3n) is 12.3. The number of Topliss-reactive ketones (excluding diaryl/α,β-unsaturated/α-hetero) is 1. The zero-order chi connectivity index (χ0) is 26.1. The van der Waals surface area contributed by atoms with E-state index >= 15 is 0 Å². The Morgan fingerprint density at radius 1 is 1.06 bits per heavy atom. The summed E-state index contributed by atoms with van der Waals surface area (Å²) in [5, 5.41) is 9.82. The van der Waals surface area contributed by atoms with E-state index in [1.165, 1.54) is 12.7 Å². The molecule has 0 aromatic heterocycles. The fraction of sp³-hybridized carbons (Fsp3) is 0.742. The van der Waals surface area contributed by atoms with Gasteiger partial charge in [0.05, 0.1) is 18.1 Å². The van der Waals surface area contributed by atoms with Crippen LogP contribution in [-0.2, 0) is 19.1 Å². The fourth-order valence-corrected chi connectivity index (χ4v) is 10.6. The van der Waals surface area contributed by atoms with Crippen LogP contribution in [-0.4, -0.2) is 24.6 Å². The first-order valence-corrected chi connectivity index (χ1v) is 13.8. The predicted molar refractivity (Wildman–Crippen MR) is 134 cm³/mol. The molecule has 0 aromatic rings. The zero-order valence-electron chi connectivity index (χ0n) is 22.6. The van der Waals surface area contributed by atoms with Crippen LogP contribution in [0.25, 0.3) is 0 Å². The van der Waals surface area contributed by atoms with Crippen LogP contribution in [0.3, 0.4) is 0 Å². The molecular formula is C31H39NO4. The average Bonchev–Trinajstić information content (AvgIpc) is 3.46. The lowest BCUT2D eigenvalue weighted by Crippen LogP contribution is -2.59. The number of ketones is 2. The van der Waals surface area contributed by atoms with E-state index in [0.717, 1.165) is 51.4 Å². The largest absolute Gasteiger partial charge is 0.469 e. The summed E-state index contributed by atoms with van der Waals surface area (Å²) in [6.07, 6.45) is 11.0. The van der Waals surface area contributed by atoms with E-state index < -0.39 is 16.2 Å². The molecule has 6 aliphatic rings. The number of nitriles is 1. The number of rotatable bonds is 1. The summed E-state index contributed by atoms with van der Waals surface area (Å²) in [7, 11) is 1.49. The Labute approximate surface area is 214 Å². The molecule has 0 heterocycles. The van der Waals surface area contributed by atoms with E-state index in [0.29, 0.717) is 0 Å². The number of allylic oxidation sites excluding steroid dienone is 4. The number of hydrogen-bond donors (Lipinski definition) is 0. The first-order valence-electron chi connectivity index (χ1n) is 13.8. The lowest BCUT2D eigenvalue weighted by atomic mass is 9.42. The van der Waals surface area contributed by atoms with Crippen LogP contribution >= 0.6 is 0 Å². The van der Waals surface area contributed by atoms with Gasteiger partial charge in [-0.05, 0) is 91.1 Å². The molecule has 0 amide bonds. The minimum atomic E-state index is -0.640. The van der Waals surface area contributed by atoms with Gasteiger partial charge in [0.2, 0.25) is 0 Å². The van der Waals surface area contributed by atoms with E-state index in [1.54, 1.807) is 0 Å². The molecule has 5 nitrogen and oxygen atoms in total. The maximum absolute atomic E-state index is 14.2. The van der Waals surface area contributed by atoms with Crippen molar-refractivity contribution in [2.45, 2.75) is 86.0 Å². The van der Waals surface area contributed by atoms with E-state index in [-0.39, 0.29) is 57.1 Å². The average molecular weight is 490 g/mol. The molecule has 6 rings (SSSR count). The van der Waals surface area contributed by atoms with Crippen LogP contribution in [0.4, 0.5) is 0 Å². The summed E-state index contributed by atoms with van der Waals surface area (Å²) in [5.74, 6) is -0.102. The van der Waals surface area contributed by atoms with Crippen molar-refractivity contribution < 1.29 is 19.1 Å². The topological polar surface area (TPSA) is 84.2 Å². The van der Waals surface area contributed by atoms with Crippen molar-refractivity contribution in [1.29, 1.82) is 5.26 Å². The SMILES string of the molecule is COC(=O)[C@]12CCC(C)(C)C[C@H]1C1C(=O)C=C3[C@]4(CC[C@H]5C(C)(C)C(=O)C(C#N)=C[C@]35C)CC14CC2. The number of methoxy groups -OCH3 is 1. The van der Waals surface area contributed by atoms with Crippen LogP contribution in [0.1, 0.15) is 86.0 Å². The van der Waals surface area contributed by atoms with E-state index in [2.05, 4.69) is 26.8 Å². The Balaban J connectivity index is 1.51. The van der Waals surface area contributed by atoms with Gasteiger partial charge in [-0.2, -0.15) is 5.26 Å². The molecule has 2 unspecified atom stereocenters. The van der Waals surface area contributed by atoms with Crippen molar-refractivity contribution in [3.05, 3.63) is 23.3 Å². The van der Waals surface area contributed by atoms with Gasteiger partial charge in [-0.25, -0.2) is 0 Å². The van der Waals surface area contributed by atoms with Crippen molar-refractivity contribution in [3.8, 4) is 6.07 Å². The second-order valence-corrected chi connectivity index (χ2v) is 14.6. The minimum absolute atomic E-state index is 0.00670. The van der Waals surface area contributed by atoms with Gasteiger partial charge >= 0.3 is 5.97 Å². The molecule has 0 aromatic carbocycles. The summed E-state index contributed by atoms with van der Waals surface area (Å²) in [6.45, 7) is 10.7. The Hall–Kier alpha value is -2.22. The molecule has 4 saturated carbocycles. The van der Waals surface area contributed by atoms with Gasteiger partial charge in [-0.1, -0.05) is 40.7 Å². The van der Waals surface area contributed by atoms with Gasteiger partial charge in [0, 0.05) is 16.7 Å². The second kappa shape index (κ2) is 6.80. The monoisotopic (exact) mass is 489 g/mol. The molecule has 4 fully saturated rings. The molecule has 2 spiro atoms. The van der Waals surface area contributed by atoms with Crippen LogP contribution in [0.5, 0.6) is 0 Å². The van der Waals surface area contributed by atoms with Gasteiger partial charge in [-0.3, -0.25) is 14.4 Å². The van der Waals surface area contributed by atoms with E-state index in [1.807, 2.05) is 26.0 Å². The molecule has 7 atom stereocenters. The lowest BCUT2D eigenvalue weighted by Gasteiger charge is -2.60. The fourth-order valence-electron chi connectivity index (χ4n) is 10.6. The molecule has 0 saturated heterocycles. The number of carbonyl (C=O) groups is 3. The smallest absolute Gasteiger partial charge is 0.312 e. The van der Waals surface area contributed by atoms with Crippen LogP contribution in [0.2, 0.25) is 0 Å². The Morgan fingerprint density at radius 2 is 1.75 bits per heavy atom. The highest BCUT2D eigenvalue weighted by atomic mass is 16.5. The first-order chi connectivity index (χ1) is 16.7.